The summed E-state index contributed by atoms with van der Waals surface area (Å²) < 4.78 is 20.2. The second-order valence-electron chi connectivity index (χ2n) is 6.41. The molecule has 0 aliphatic heterocycles. The Morgan fingerprint density at radius 3 is 2.53 bits per heavy atom. The van der Waals surface area contributed by atoms with Gasteiger partial charge in [0.15, 0.2) is 0 Å². The Balaban J connectivity index is 1.66. The molecule has 0 bridgehead atoms. The Morgan fingerprint density at radius 2 is 1.83 bits per heavy atom. The van der Waals surface area contributed by atoms with Crippen molar-refractivity contribution in [1.82, 2.24) is 5.32 Å². The van der Waals surface area contributed by atoms with Crippen molar-refractivity contribution >= 4 is 34.6 Å². The molecule has 0 spiro atoms. The number of hydrogen-bond acceptors (Lipinski definition) is 3. The van der Waals surface area contributed by atoms with Crippen LogP contribution in [0.2, 0.25) is 0 Å². The number of carbonyl (C=O) groups excluding carboxylic acids is 1. The van der Waals surface area contributed by atoms with Crippen LogP contribution in [0.3, 0.4) is 0 Å². The largest absolute Gasteiger partial charge is 0.488 e. The van der Waals surface area contributed by atoms with E-state index in [0.717, 1.165) is 9.13 Å². The highest BCUT2D eigenvalue weighted by atomic mass is 127. The molecule has 3 aromatic rings. The number of nitrogens with zero attached hydrogens (tertiary/aromatic N) is 1. The maximum atomic E-state index is 13.7. The average Bonchev–Trinajstić information content (AvgIpc) is 2.77. The lowest BCUT2D eigenvalue weighted by Gasteiger charge is -2.10. The van der Waals surface area contributed by atoms with Gasteiger partial charge in [0.2, 0.25) is 0 Å². The lowest BCUT2D eigenvalue weighted by molar-refractivity contribution is -0.117. The van der Waals surface area contributed by atoms with Crippen LogP contribution in [-0.4, -0.2) is 5.91 Å². The van der Waals surface area contributed by atoms with Gasteiger partial charge in [0.05, 0.1) is 3.57 Å². The Hall–Kier alpha value is -3.18. The first-order valence-electron chi connectivity index (χ1n) is 9.16. The van der Waals surface area contributed by atoms with Crippen LogP contribution in [-0.2, 0) is 17.9 Å². The monoisotopic (exact) mass is 512 g/mol. The first-order valence-corrected chi connectivity index (χ1v) is 10.2. The lowest BCUT2D eigenvalue weighted by atomic mass is 10.1. The van der Waals surface area contributed by atoms with Gasteiger partial charge in [0, 0.05) is 12.1 Å². The van der Waals surface area contributed by atoms with Crippen LogP contribution in [0.4, 0.5) is 4.39 Å². The molecular weight excluding hydrogens is 494 g/mol. The molecule has 0 heterocycles. The summed E-state index contributed by atoms with van der Waals surface area (Å²) in [4.78, 5) is 12.3. The number of amides is 1. The Bertz CT molecular complexity index is 1110. The first-order chi connectivity index (χ1) is 14.6. The standard InChI is InChI=1S/C24H18FIN2O2/c25-21-9-5-4-8-19(21)16-30-23-11-10-18(13-22(23)26)12-20(14-27)24(29)28-15-17-6-2-1-3-7-17/h1-13H,15-16H2,(H,28,29)/b20-12-. The molecule has 0 fully saturated rings. The number of benzene rings is 3. The predicted molar refractivity (Wildman–Crippen MR) is 122 cm³/mol. The summed E-state index contributed by atoms with van der Waals surface area (Å²) in [7, 11) is 0. The molecule has 3 aromatic carbocycles. The van der Waals surface area contributed by atoms with E-state index < -0.39 is 5.91 Å². The average molecular weight is 512 g/mol. The molecule has 1 amide bonds. The van der Waals surface area contributed by atoms with Gasteiger partial charge in [0.1, 0.15) is 29.8 Å². The second kappa shape index (κ2) is 10.6. The SMILES string of the molecule is N#C/C(=C/c1ccc(OCc2ccccc2F)c(I)c1)C(=O)NCc1ccccc1. The van der Waals surface area contributed by atoms with Crippen LogP contribution in [0.25, 0.3) is 6.08 Å². The van der Waals surface area contributed by atoms with Gasteiger partial charge in [-0.15, -0.1) is 0 Å². The van der Waals surface area contributed by atoms with Crippen molar-refractivity contribution in [2.24, 2.45) is 0 Å². The quantitative estimate of drug-likeness (QED) is 0.268. The number of carbonyl (C=O) groups is 1. The van der Waals surface area contributed by atoms with E-state index in [1.807, 2.05) is 36.4 Å². The van der Waals surface area contributed by atoms with Crippen molar-refractivity contribution in [1.29, 1.82) is 5.26 Å². The summed E-state index contributed by atoms with van der Waals surface area (Å²) in [5, 5.41) is 12.1. The predicted octanol–water partition coefficient (Wildman–Crippen LogP) is 5.23. The van der Waals surface area contributed by atoms with Gasteiger partial charge in [-0.3, -0.25) is 4.79 Å². The van der Waals surface area contributed by atoms with Gasteiger partial charge < -0.3 is 10.1 Å². The third-order valence-electron chi connectivity index (χ3n) is 4.27. The van der Waals surface area contributed by atoms with Crippen molar-refractivity contribution in [3.8, 4) is 11.8 Å². The number of ether oxygens (including phenoxy) is 1. The molecule has 0 radical (unpaired) electrons. The van der Waals surface area contributed by atoms with Crippen LogP contribution < -0.4 is 10.1 Å². The van der Waals surface area contributed by atoms with Crippen molar-refractivity contribution in [2.45, 2.75) is 13.2 Å². The van der Waals surface area contributed by atoms with E-state index in [2.05, 4.69) is 27.9 Å². The van der Waals surface area contributed by atoms with Gasteiger partial charge in [-0.1, -0.05) is 54.6 Å². The Kier molecular flexibility index (Phi) is 7.57. The smallest absolute Gasteiger partial charge is 0.262 e. The zero-order chi connectivity index (χ0) is 21.3. The molecule has 4 nitrogen and oxygen atoms in total. The lowest BCUT2D eigenvalue weighted by Crippen LogP contribution is -2.23. The molecule has 0 aliphatic carbocycles. The van der Waals surface area contributed by atoms with E-state index in [0.29, 0.717) is 23.4 Å². The molecule has 30 heavy (non-hydrogen) atoms. The van der Waals surface area contributed by atoms with Crippen LogP contribution in [0.5, 0.6) is 5.75 Å². The summed E-state index contributed by atoms with van der Waals surface area (Å²) in [6.07, 6.45) is 1.53. The van der Waals surface area contributed by atoms with Gasteiger partial charge in [0.25, 0.3) is 5.91 Å². The first kappa shape index (κ1) is 21.5. The van der Waals surface area contributed by atoms with E-state index in [4.69, 9.17) is 4.74 Å². The maximum Gasteiger partial charge on any atom is 0.262 e. The molecule has 0 aliphatic rings. The molecule has 150 valence electrons. The molecule has 6 heteroatoms. The number of halogens is 2. The van der Waals surface area contributed by atoms with E-state index >= 15 is 0 Å². The van der Waals surface area contributed by atoms with Gasteiger partial charge in [-0.05, 0) is 58.0 Å². The van der Waals surface area contributed by atoms with Crippen molar-refractivity contribution < 1.29 is 13.9 Å². The molecule has 3 rings (SSSR count). The third kappa shape index (κ3) is 5.91. The normalized spacial score (nSPS) is 10.9. The summed E-state index contributed by atoms with van der Waals surface area (Å²) in [5.41, 5.74) is 2.14. The molecule has 0 atom stereocenters. The summed E-state index contributed by atoms with van der Waals surface area (Å²) in [6.45, 7) is 0.461. The van der Waals surface area contributed by atoms with Crippen molar-refractivity contribution in [3.63, 3.8) is 0 Å². The van der Waals surface area contributed by atoms with Crippen LogP contribution in [0.15, 0.2) is 78.4 Å². The van der Waals surface area contributed by atoms with Gasteiger partial charge in [-0.2, -0.15) is 5.26 Å². The van der Waals surface area contributed by atoms with Crippen LogP contribution in [0.1, 0.15) is 16.7 Å². The van der Waals surface area contributed by atoms with Gasteiger partial charge in [-0.25, -0.2) is 4.39 Å². The highest BCUT2D eigenvalue weighted by Crippen LogP contribution is 2.24. The van der Waals surface area contributed by atoms with E-state index in [-0.39, 0.29) is 18.0 Å². The number of hydrogen-bond donors (Lipinski definition) is 1. The maximum absolute atomic E-state index is 13.7. The number of nitrogens with one attached hydrogen (secondary N) is 1. The molecule has 1 N–H and O–H groups in total. The Labute approximate surface area is 188 Å². The summed E-state index contributed by atoms with van der Waals surface area (Å²) in [6, 6.07) is 23.2. The fourth-order valence-corrected chi connectivity index (χ4v) is 3.38. The molecule has 0 saturated heterocycles. The molecule has 0 saturated carbocycles. The minimum atomic E-state index is -0.434. The van der Waals surface area contributed by atoms with Crippen LogP contribution in [0, 0.1) is 20.7 Å². The third-order valence-corrected chi connectivity index (χ3v) is 5.11. The van der Waals surface area contributed by atoms with E-state index in [9.17, 15) is 14.4 Å². The fraction of sp³-hybridized carbons (Fsp3) is 0.0833. The second-order valence-corrected chi connectivity index (χ2v) is 7.57. The fourth-order valence-electron chi connectivity index (χ4n) is 2.68. The zero-order valence-corrected chi connectivity index (χ0v) is 18.1. The topological polar surface area (TPSA) is 62.1 Å². The van der Waals surface area contributed by atoms with Crippen molar-refractivity contribution in [3.05, 3.63) is 104 Å². The molecular formula is C24H18FIN2O2. The Morgan fingerprint density at radius 1 is 1.10 bits per heavy atom. The number of nitriles is 1. The molecule has 0 unspecified atom stereocenters. The molecule has 0 aromatic heterocycles. The van der Waals surface area contributed by atoms with Gasteiger partial charge >= 0.3 is 0 Å². The summed E-state index contributed by atoms with van der Waals surface area (Å²) >= 11 is 2.11. The summed E-state index contributed by atoms with van der Waals surface area (Å²) in [5.74, 6) is -0.147. The van der Waals surface area contributed by atoms with E-state index in [1.54, 1.807) is 36.4 Å². The van der Waals surface area contributed by atoms with Crippen LogP contribution >= 0.6 is 22.6 Å². The van der Waals surface area contributed by atoms with Crippen molar-refractivity contribution in [2.75, 3.05) is 0 Å². The highest BCUT2D eigenvalue weighted by Gasteiger charge is 2.10. The number of rotatable bonds is 7. The zero-order valence-electron chi connectivity index (χ0n) is 15.9. The minimum absolute atomic E-state index is 0.0155. The highest BCUT2D eigenvalue weighted by molar-refractivity contribution is 14.1. The van der Waals surface area contributed by atoms with E-state index in [1.165, 1.54) is 12.1 Å². The minimum Gasteiger partial charge on any atom is -0.488 e.